The van der Waals surface area contributed by atoms with Crippen LogP contribution in [0.4, 0.5) is 5.82 Å². The molecular formula is C11H20N4O3S. The van der Waals surface area contributed by atoms with Crippen molar-refractivity contribution in [3.8, 4) is 0 Å². The average molecular weight is 288 g/mol. The Balaban J connectivity index is 2.29. The van der Waals surface area contributed by atoms with E-state index < -0.39 is 10.0 Å². The van der Waals surface area contributed by atoms with Crippen LogP contribution in [-0.4, -0.2) is 46.6 Å². The number of hydrogen-bond acceptors (Lipinski definition) is 5. The van der Waals surface area contributed by atoms with Crippen LogP contribution in [0.2, 0.25) is 0 Å². The van der Waals surface area contributed by atoms with E-state index >= 15 is 0 Å². The maximum atomic E-state index is 12.6. The molecule has 7 nitrogen and oxygen atoms in total. The summed E-state index contributed by atoms with van der Waals surface area (Å²) in [6.45, 7) is 0.585. The predicted octanol–water partition coefficient (Wildman–Crippen LogP) is -0.0721. The number of aliphatic hydroxyl groups excluding tert-OH is 1. The standard InChI is InChI=1S/C11H20N4O3S/c1-14-8-13-10(12)11(14)19(17,18)15-6-2-4-9(15)5-3-7-16/h8-9,16H,2-7,12H2,1H3. The van der Waals surface area contributed by atoms with E-state index in [9.17, 15) is 8.42 Å². The summed E-state index contributed by atoms with van der Waals surface area (Å²) in [7, 11) is -1.99. The fourth-order valence-corrected chi connectivity index (χ4v) is 4.53. The molecule has 1 aliphatic rings. The van der Waals surface area contributed by atoms with Gasteiger partial charge < -0.3 is 15.4 Å². The number of hydrogen-bond donors (Lipinski definition) is 2. The minimum atomic E-state index is -3.61. The smallest absolute Gasteiger partial charge is 0.262 e. The van der Waals surface area contributed by atoms with Gasteiger partial charge in [-0.1, -0.05) is 0 Å². The highest BCUT2D eigenvalue weighted by atomic mass is 32.2. The third kappa shape index (κ3) is 2.60. The van der Waals surface area contributed by atoms with Crippen molar-refractivity contribution in [3.63, 3.8) is 0 Å². The van der Waals surface area contributed by atoms with Crippen molar-refractivity contribution in [2.75, 3.05) is 18.9 Å². The van der Waals surface area contributed by atoms with Crippen LogP contribution in [0.15, 0.2) is 11.4 Å². The predicted molar refractivity (Wildman–Crippen MR) is 70.9 cm³/mol. The quantitative estimate of drug-likeness (QED) is 0.789. The number of anilines is 1. The summed E-state index contributed by atoms with van der Waals surface area (Å²) in [5.41, 5.74) is 5.66. The van der Waals surface area contributed by atoms with Crippen LogP contribution in [0.3, 0.4) is 0 Å². The molecule has 8 heteroatoms. The van der Waals surface area contributed by atoms with Gasteiger partial charge in [0.1, 0.15) is 0 Å². The maximum absolute atomic E-state index is 12.6. The third-order valence-corrected chi connectivity index (χ3v) is 5.57. The lowest BCUT2D eigenvalue weighted by Gasteiger charge is -2.24. The molecule has 1 aromatic rings. The molecule has 1 atom stereocenters. The zero-order chi connectivity index (χ0) is 14.0. The molecule has 0 spiro atoms. The summed E-state index contributed by atoms with van der Waals surface area (Å²) in [5.74, 6) is 0.0373. The molecule has 1 unspecified atom stereocenters. The Morgan fingerprint density at radius 1 is 1.58 bits per heavy atom. The molecule has 0 saturated carbocycles. The van der Waals surface area contributed by atoms with Gasteiger partial charge in [0.25, 0.3) is 10.0 Å². The molecule has 2 rings (SSSR count). The van der Waals surface area contributed by atoms with E-state index in [1.165, 1.54) is 15.2 Å². The number of nitrogen functional groups attached to an aromatic ring is 1. The number of imidazole rings is 1. The van der Waals surface area contributed by atoms with Gasteiger partial charge in [-0.15, -0.1) is 0 Å². The lowest BCUT2D eigenvalue weighted by atomic mass is 10.1. The van der Waals surface area contributed by atoms with Crippen molar-refractivity contribution < 1.29 is 13.5 Å². The van der Waals surface area contributed by atoms with Crippen molar-refractivity contribution in [3.05, 3.63) is 6.33 Å². The molecule has 19 heavy (non-hydrogen) atoms. The first-order valence-corrected chi connectivity index (χ1v) is 7.82. The fraction of sp³-hybridized carbons (Fsp3) is 0.727. The van der Waals surface area contributed by atoms with Crippen molar-refractivity contribution in [2.45, 2.75) is 36.8 Å². The topological polar surface area (TPSA) is 101 Å². The van der Waals surface area contributed by atoms with Crippen LogP contribution in [0.1, 0.15) is 25.7 Å². The molecule has 1 aliphatic heterocycles. The van der Waals surface area contributed by atoms with Crippen molar-refractivity contribution >= 4 is 15.8 Å². The van der Waals surface area contributed by atoms with Crippen LogP contribution in [0.5, 0.6) is 0 Å². The highest BCUT2D eigenvalue weighted by molar-refractivity contribution is 7.89. The number of nitrogens with zero attached hydrogens (tertiary/aromatic N) is 3. The van der Waals surface area contributed by atoms with Crippen LogP contribution in [0.25, 0.3) is 0 Å². The first kappa shape index (κ1) is 14.3. The highest BCUT2D eigenvalue weighted by Crippen LogP contribution is 2.30. The van der Waals surface area contributed by atoms with Gasteiger partial charge in [0.05, 0.1) is 6.33 Å². The third-order valence-electron chi connectivity index (χ3n) is 3.48. The summed E-state index contributed by atoms with van der Waals surface area (Å²) in [5, 5.41) is 8.94. The number of rotatable bonds is 5. The summed E-state index contributed by atoms with van der Waals surface area (Å²) >= 11 is 0. The van der Waals surface area contributed by atoms with Gasteiger partial charge >= 0.3 is 0 Å². The Labute approximate surface area is 113 Å². The lowest BCUT2D eigenvalue weighted by molar-refractivity contribution is 0.264. The molecule has 3 N–H and O–H groups in total. The van der Waals surface area contributed by atoms with Crippen LogP contribution in [-0.2, 0) is 17.1 Å². The Hall–Kier alpha value is -1.12. The van der Waals surface area contributed by atoms with Gasteiger partial charge in [-0.05, 0) is 25.7 Å². The zero-order valence-electron chi connectivity index (χ0n) is 11.0. The second-order valence-corrected chi connectivity index (χ2v) is 6.63. The normalized spacial score (nSPS) is 21.1. The van der Waals surface area contributed by atoms with Crippen LogP contribution < -0.4 is 5.73 Å². The zero-order valence-corrected chi connectivity index (χ0v) is 11.8. The Kier molecular flexibility index (Phi) is 4.12. The average Bonchev–Trinajstić information content (AvgIpc) is 2.94. The van der Waals surface area contributed by atoms with Gasteiger partial charge in [-0.3, -0.25) is 0 Å². The Morgan fingerprint density at radius 2 is 2.32 bits per heavy atom. The fourth-order valence-electron chi connectivity index (χ4n) is 2.60. The molecule has 108 valence electrons. The van der Waals surface area contributed by atoms with Crippen LogP contribution in [0, 0.1) is 0 Å². The van der Waals surface area contributed by atoms with Crippen molar-refractivity contribution in [1.82, 2.24) is 13.9 Å². The summed E-state index contributed by atoms with van der Waals surface area (Å²) < 4.78 is 28.2. The van der Waals surface area contributed by atoms with Crippen LogP contribution >= 0.6 is 0 Å². The molecule has 1 fully saturated rings. The van der Waals surface area contributed by atoms with E-state index in [2.05, 4.69) is 4.98 Å². The molecule has 1 aromatic heterocycles. The molecule has 0 aliphatic carbocycles. The first-order chi connectivity index (χ1) is 8.98. The molecule has 0 radical (unpaired) electrons. The van der Waals surface area contributed by atoms with Gasteiger partial charge in [-0.2, -0.15) is 4.31 Å². The molecule has 1 saturated heterocycles. The van der Waals surface area contributed by atoms with E-state index in [1.807, 2.05) is 0 Å². The molecular weight excluding hydrogens is 268 g/mol. The molecule has 0 aromatic carbocycles. The molecule has 2 heterocycles. The van der Waals surface area contributed by atoms with E-state index in [-0.39, 0.29) is 23.5 Å². The number of aryl methyl sites for hydroxylation is 1. The number of sulfonamides is 1. The summed E-state index contributed by atoms with van der Waals surface area (Å²) in [4.78, 5) is 3.84. The van der Waals surface area contributed by atoms with Crippen molar-refractivity contribution in [2.24, 2.45) is 7.05 Å². The largest absolute Gasteiger partial charge is 0.396 e. The first-order valence-electron chi connectivity index (χ1n) is 6.38. The van der Waals surface area contributed by atoms with Crippen molar-refractivity contribution in [1.29, 1.82) is 0 Å². The van der Waals surface area contributed by atoms with Gasteiger partial charge in [0.15, 0.2) is 10.8 Å². The van der Waals surface area contributed by atoms with E-state index in [4.69, 9.17) is 10.8 Å². The monoisotopic (exact) mass is 288 g/mol. The second kappa shape index (κ2) is 5.48. The Bertz CT molecular complexity index is 521. The highest BCUT2D eigenvalue weighted by Gasteiger charge is 2.37. The van der Waals surface area contributed by atoms with Gasteiger partial charge in [0.2, 0.25) is 0 Å². The minimum Gasteiger partial charge on any atom is -0.396 e. The summed E-state index contributed by atoms with van der Waals surface area (Å²) in [6, 6.07) is -0.0496. The second-order valence-electron chi connectivity index (χ2n) is 4.82. The molecule has 0 amide bonds. The summed E-state index contributed by atoms with van der Waals surface area (Å²) in [6.07, 6.45) is 4.36. The van der Waals surface area contributed by atoms with E-state index in [0.717, 1.165) is 12.8 Å². The minimum absolute atomic E-state index is 0.0373. The van der Waals surface area contributed by atoms with Gasteiger partial charge in [0, 0.05) is 26.2 Å². The van der Waals surface area contributed by atoms with E-state index in [0.29, 0.717) is 19.4 Å². The lowest BCUT2D eigenvalue weighted by Crippen LogP contribution is -2.36. The number of aromatic nitrogens is 2. The SMILES string of the molecule is Cn1cnc(N)c1S(=O)(=O)N1CCCC1CCCO. The number of nitrogens with two attached hydrogens (primary N) is 1. The van der Waals surface area contributed by atoms with E-state index in [1.54, 1.807) is 7.05 Å². The van der Waals surface area contributed by atoms with Gasteiger partial charge in [-0.25, -0.2) is 13.4 Å². The number of aliphatic hydroxyl groups is 1. The molecule has 0 bridgehead atoms. The maximum Gasteiger partial charge on any atom is 0.262 e. The Morgan fingerprint density at radius 3 is 2.89 bits per heavy atom.